The van der Waals surface area contributed by atoms with Gasteiger partial charge in [0.2, 0.25) is 0 Å². The van der Waals surface area contributed by atoms with E-state index in [0.717, 1.165) is 12.0 Å². The summed E-state index contributed by atoms with van der Waals surface area (Å²) in [6, 6.07) is 5.09. The van der Waals surface area contributed by atoms with Gasteiger partial charge in [0.1, 0.15) is 5.82 Å². The molecule has 0 spiro atoms. The average Bonchev–Trinajstić information content (AvgIpc) is 2.46. The van der Waals surface area contributed by atoms with Crippen molar-refractivity contribution in [3.05, 3.63) is 34.6 Å². The Labute approximate surface area is 134 Å². The number of halogens is 2. The molecule has 0 saturated carbocycles. The molecule has 112 valence electrons. The van der Waals surface area contributed by atoms with Crippen molar-refractivity contribution in [2.45, 2.75) is 36.3 Å². The molecule has 1 aromatic rings. The smallest absolute Gasteiger partial charge is 0.124 e. The van der Waals surface area contributed by atoms with Gasteiger partial charge in [-0.05, 0) is 37.6 Å². The van der Waals surface area contributed by atoms with Crippen LogP contribution < -0.4 is 5.32 Å². The number of thioether (sulfide) groups is 2. The number of rotatable bonds is 5. The highest BCUT2D eigenvalue weighted by molar-refractivity contribution is 8.07. The van der Waals surface area contributed by atoms with Crippen LogP contribution in [0, 0.1) is 5.82 Å². The second-order valence-electron chi connectivity index (χ2n) is 4.99. The van der Waals surface area contributed by atoms with Crippen LogP contribution in [0.1, 0.15) is 18.9 Å². The summed E-state index contributed by atoms with van der Waals surface area (Å²) in [5, 5.41) is 5.25. The van der Waals surface area contributed by atoms with E-state index >= 15 is 0 Å². The van der Waals surface area contributed by atoms with Gasteiger partial charge in [-0.25, -0.2) is 4.39 Å². The zero-order valence-electron chi connectivity index (χ0n) is 11.9. The number of nitrogens with one attached hydrogen (secondary N) is 1. The first-order chi connectivity index (χ1) is 9.65. The molecule has 0 bridgehead atoms. The minimum atomic E-state index is -0.270. The standard InChI is InChI=1S/C15H21ClFNS2/c1-3-14-15(20-7-6-19-14)13(18-2)8-10-4-5-11(17)9-12(10)16/h4-5,9,13-15,18H,3,6-8H2,1-2H3. The zero-order chi connectivity index (χ0) is 14.5. The summed E-state index contributed by atoms with van der Waals surface area (Å²) >= 11 is 10.3. The molecule has 1 aliphatic rings. The number of likely N-dealkylation sites (N-methyl/N-ethyl adjacent to an activating group) is 1. The molecule has 0 aromatic heterocycles. The fourth-order valence-electron chi connectivity index (χ4n) is 2.62. The summed E-state index contributed by atoms with van der Waals surface area (Å²) in [4.78, 5) is 0. The van der Waals surface area contributed by atoms with E-state index < -0.39 is 0 Å². The largest absolute Gasteiger partial charge is 0.316 e. The van der Waals surface area contributed by atoms with Crippen LogP contribution in [0.15, 0.2) is 18.2 Å². The van der Waals surface area contributed by atoms with Gasteiger partial charge in [-0.15, -0.1) is 0 Å². The monoisotopic (exact) mass is 333 g/mol. The number of hydrogen-bond donors (Lipinski definition) is 1. The van der Waals surface area contributed by atoms with Crippen LogP contribution in [-0.4, -0.2) is 35.1 Å². The van der Waals surface area contributed by atoms with E-state index in [0.29, 0.717) is 21.6 Å². The van der Waals surface area contributed by atoms with Crippen LogP contribution in [-0.2, 0) is 6.42 Å². The molecule has 1 saturated heterocycles. The topological polar surface area (TPSA) is 12.0 Å². The van der Waals surface area contributed by atoms with Gasteiger partial charge in [0.25, 0.3) is 0 Å². The summed E-state index contributed by atoms with van der Waals surface area (Å²) in [5.41, 5.74) is 1.03. The predicted octanol–water partition coefficient (Wildman–Crippen LogP) is 4.24. The Morgan fingerprint density at radius 1 is 1.40 bits per heavy atom. The van der Waals surface area contributed by atoms with Crippen molar-refractivity contribution in [2.24, 2.45) is 0 Å². The molecule has 5 heteroatoms. The highest BCUT2D eigenvalue weighted by Gasteiger charge is 2.31. The van der Waals surface area contributed by atoms with Gasteiger partial charge in [-0.1, -0.05) is 24.6 Å². The molecular formula is C15H21ClFNS2. The second kappa shape index (κ2) is 7.92. The highest BCUT2D eigenvalue weighted by atomic mass is 35.5. The van der Waals surface area contributed by atoms with Gasteiger partial charge in [-0.3, -0.25) is 0 Å². The molecule has 20 heavy (non-hydrogen) atoms. The molecule has 0 radical (unpaired) electrons. The molecule has 1 fully saturated rings. The maximum atomic E-state index is 13.1. The summed E-state index contributed by atoms with van der Waals surface area (Å²) in [6.45, 7) is 2.26. The Bertz CT molecular complexity index is 444. The van der Waals surface area contributed by atoms with E-state index in [9.17, 15) is 4.39 Å². The van der Waals surface area contributed by atoms with Crippen molar-refractivity contribution in [1.82, 2.24) is 5.32 Å². The van der Waals surface area contributed by atoms with Gasteiger partial charge < -0.3 is 5.32 Å². The highest BCUT2D eigenvalue weighted by Crippen LogP contribution is 2.36. The van der Waals surface area contributed by atoms with Crippen molar-refractivity contribution in [3.63, 3.8) is 0 Å². The molecular weight excluding hydrogens is 313 g/mol. The van der Waals surface area contributed by atoms with Crippen molar-refractivity contribution in [3.8, 4) is 0 Å². The number of benzene rings is 1. The summed E-state index contributed by atoms with van der Waals surface area (Å²) in [6.07, 6.45) is 2.04. The van der Waals surface area contributed by atoms with Crippen LogP contribution in [0.4, 0.5) is 4.39 Å². The molecule has 0 amide bonds. The number of hydrogen-bond acceptors (Lipinski definition) is 3. The third-order valence-electron chi connectivity index (χ3n) is 3.72. The van der Waals surface area contributed by atoms with E-state index in [1.807, 2.05) is 13.1 Å². The fraction of sp³-hybridized carbons (Fsp3) is 0.600. The Morgan fingerprint density at radius 3 is 2.80 bits per heavy atom. The lowest BCUT2D eigenvalue weighted by Gasteiger charge is -2.36. The van der Waals surface area contributed by atoms with Gasteiger partial charge in [-0.2, -0.15) is 23.5 Å². The lowest BCUT2D eigenvalue weighted by molar-refractivity contribution is 0.516. The minimum Gasteiger partial charge on any atom is -0.316 e. The van der Waals surface area contributed by atoms with Crippen molar-refractivity contribution in [2.75, 3.05) is 18.6 Å². The van der Waals surface area contributed by atoms with Gasteiger partial charge >= 0.3 is 0 Å². The molecule has 3 unspecified atom stereocenters. The summed E-state index contributed by atoms with van der Waals surface area (Å²) < 4.78 is 13.1. The first kappa shape index (κ1) is 16.5. The lowest BCUT2D eigenvalue weighted by atomic mass is 10.00. The van der Waals surface area contributed by atoms with Crippen molar-refractivity contribution in [1.29, 1.82) is 0 Å². The predicted molar refractivity (Wildman–Crippen MR) is 90.7 cm³/mol. The van der Waals surface area contributed by atoms with Gasteiger partial charge in [0.15, 0.2) is 0 Å². The molecule has 0 aliphatic carbocycles. The molecule has 1 aliphatic heterocycles. The first-order valence-corrected chi connectivity index (χ1v) is 9.47. The molecule has 1 heterocycles. The molecule has 1 N–H and O–H groups in total. The van der Waals surface area contributed by atoms with Crippen LogP contribution in [0.5, 0.6) is 0 Å². The first-order valence-electron chi connectivity index (χ1n) is 7.00. The molecule has 1 nitrogen and oxygen atoms in total. The van der Waals surface area contributed by atoms with Crippen LogP contribution >= 0.6 is 35.1 Å². The Kier molecular flexibility index (Phi) is 6.53. The SMILES string of the molecule is CCC1SCCSC1C(Cc1ccc(F)cc1Cl)NC. The minimum absolute atomic E-state index is 0.270. The summed E-state index contributed by atoms with van der Waals surface area (Å²) in [7, 11) is 2.01. The Hall–Kier alpha value is 0.1000. The molecule has 1 aromatic carbocycles. The van der Waals surface area contributed by atoms with Crippen molar-refractivity contribution >= 4 is 35.1 Å². The zero-order valence-corrected chi connectivity index (χ0v) is 14.3. The van der Waals surface area contributed by atoms with Gasteiger partial charge in [0, 0.05) is 33.1 Å². The summed E-state index contributed by atoms with van der Waals surface area (Å²) in [5.74, 6) is 2.18. The normalized spacial score (nSPS) is 24.6. The van der Waals surface area contributed by atoms with E-state index in [2.05, 4.69) is 35.8 Å². The van der Waals surface area contributed by atoms with Crippen molar-refractivity contribution < 1.29 is 4.39 Å². The maximum Gasteiger partial charge on any atom is 0.124 e. The van der Waals surface area contributed by atoms with Crippen LogP contribution in [0.25, 0.3) is 0 Å². The Balaban J connectivity index is 2.11. The van der Waals surface area contributed by atoms with E-state index in [4.69, 9.17) is 11.6 Å². The molecule has 3 atom stereocenters. The van der Waals surface area contributed by atoms with E-state index in [1.54, 1.807) is 0 Å². The lowest BCUT2D eigenvalue weighted by Crippen LogP contribution is -2.45. The van der Waals surface area contributed by atoms with Gasteiger partial charge in [0.05, 0.1) is 0 Å². The quantitative estimate of drug-likeness (QED) is 0.865. The maximum absolute atomic E-state index is 13.1. The van der Waals surface area contributed by atoms with Crippen LogP contribution in [0.2, 0.25) is 5.02 Å². The fourth-order valence-corrected chi connectivity index (χ4v) is 6.17. The Morgan fingerprint density at radius 2 is 2.15 bits per heavy atom. The van der Waals surface area contributed by atoms with Crippen LogP contribution in [0.3, 0.4) is 0 Å². The molecule has 2 rings (SSSR count). The van der Waals surface area contributed by atoms with E-state index in [1.165, 1.54) is 30.1 Å². The third-order valence-corrected chi connectivity index (χ3v) is 7.48. The van der Waals surface area contributed by atoms with E-state index in [-0.39, 0.29) is 5.82 Å². The second-order valence-corrected chi connectivity index (χ2v) is 8.03. The average molecular weight is 334 g/mol. The third kappa shape index (κ3) is 4.06.